The second kappa shape index (κ2) is 11.5. The summed E-state index contributed by atoms with van der Waals surface area (Å²) in [7, 11) is 0. The molecule has 0 radical (unpaired) electrons. The molecule has 0 aliphatic carbocycles. The van der Waals surface area contributed by atoms with Crippen molar-refractivity contribution < 1.29 is 18.3 Å². The molecule has 3 saturated heterocycles. The zero-order chi connectivity index (χ0) is 27.8. The number of hydrogen-bond acceptors (Lipinski definition) is 5. The molecule has 7 rings (SSSR count). The summed E-state index contributed by atoms with van der Waals surface area (Å²) in [5.41, 5.74) is 2.78. The van der Waals surface area contributed by atoms with E-state index in [4.69, 9.17) is 9.15 Å². The molecule has 1 amide bonds. The summed E-state index contributed by atoms with van der Waals surface area (Å²) in [6, 6.07) is 13.0. The molecule has 41 heavy (non-hydrogen) atoms. The lowest BCUT2D eigenvalue weighted by Gasteiger charge is -2.46. The summed E-state index contributed by atoms with van der Waals surface area (Å²) < 4.78 is 25.4. The van der Waals surface area contributed by atoms with Crippen molar-refractivity contribution in [1.82, 2.24) is 20.1 Å². The van der Waals surface area contributed by atoms with E-state index in [1.165, 1.54) is 63.9 Å². The van der Waals surface area contributed by atoms with Crippen LogP contribution in [0.1, 0.15) is 61.0 Å². The quantitative estimate of drug-likeness (QED) is 0.287. The highest BCUT2D eigenvalue weighted by atomic mass is 19.1. The van der Waals surface area contributed by atoms with Crippen LogP contribution in [0.3, 0.4) is 0 Å². The first-order chi connectivity index (χ1) is 20.1. The highest BCUT2D eigenvalue weighted by molar-refractivity contribution is 5.99. The van der Waals surface area contributed by atoms with Crippen LogP contribution < -0.4 is 10.1 Å². The van der Waals surface area contributed by atoms with Crippen molar-refractivity contribution in [2.24, 2.45) is 5.92 Å². The third-order valence-electron chi connectivity index (χ3n) is 9.51. The van der Waals surface area contributed by atoms with E-state index in [2.05, 4.69) is 20.1 Å². The maximum Gasteiger partial charge on any atom is 0.267 e. The van der Waals surface area contributed by atoms with E-state index < -0.39 is 0 Å². The summed E-state index contributed by atoms with van der Waals surface area (Å²) in [6.07, 6.45) is 10.4. The molecule has 0 spiro atoms. The topological polar surface area (TPSA) is 73.7 Å². The van der Waals surface area contributed by atoms with Gasteiger partial charge < -0.3 is 29.3 Å². The van der Waals surface area contributed by atoms with Gasteiger partial charge in [0.25, 0.3) is 5.91 Å². The number of carbonyl (C=O) groups excluding carboxylic acids is 1. The van der Waals surface area contributed by atoms with Crippen LogP contribution in [-0.4, -0.2) is 65.5 Å². The Hall–Kier alpha value is -3.36. The molecule has 2 N–H and O–H groups in total. The number of nitrogens with zero attached hydrogens (tertiary/aromatic N) is 2. The molecule has 2 aromatic carbocycles. The van der Waals surface area contributed by atoms with Gasteiger partial charge in [0, 0.05) is 53.6 Å². The molecule has 0 unspecified atom stereocenters. The number of halogens is 1. The Balaban J connectivity index is 0.951. The van der Waals surface area contributed by atoms with Crippen LogP contribution >= 0.6 is 0 Å². The first-order valence-corrected chi connectivity index (χ1v) is 15.3. The van der Waals surface area contributed by atoms with E-state index in [-0.39, 0.29) is 24.4 Å². The molecule has 3 fully saturated rings. The number of benzene rings is 2. The summed E-state index contributed by atoms with van der Waals surface area (Å²) in [5, 5.41) is 4.82. The largest absolute Gasteiger partial charge is 0.488 e. The highest BCUT2D eigenvalue weighted by Gasteiger charge is 2.34. The second-order valence-corrected chi connectivity index (χ2v) is 12.1. The summed E-state index contributed by atoms with van der Waals surface area (Å²) in [6.45, 7) is 6.12. The Morgan fingerprint density at radius 2 is 1.88 bits per heavy atom. The van der Waals surface area contributed by atoms with Crippen molar-refractivity contribution in [3.05, 3.63) is 65.8 Å². The van der Waals surface area contributed by atoms with Gasteiger partial charge in [-0.15, -0.1) is 0 Å². The number of aromatic nitrogens is 1. The van der Waals surface area contributed by atoms with Crippen LogP contribution in [0.25, 0.3) is 21.9 Å². The fourth-order valence-corrected chi connectivity index (χ4v) is 7.34. The van der Waals surface area contributed by atoms with Crippen molar-refractivity contribution in [2.75, 3.05) is 32.7 Å². The molecule has 8 heteroatoms. The van der Waals surface area contributed by atoms with E-state index in [0.29, 0.717) is 22.4 Å². The van der Waals surface area contributed by atoms with E-state index >= 15 is 0 Å². The third kappa shape index (κ3) is 5.60. The molecule has 0 saturated carbocycles. The Morgan fingerprint density at radius 1 is 1.00 bits per heavy atom. The maximum atomic E-state index is 13.8. The number of fused-ring (bicyclic) bond motifs is 3. The molecular weight excluding hydrogens is 519 g/mol. The van der Waals surface area contributed by atoms with E-state index in [9.17, 15) is 9.18 Å². The normalized spacial score (nSPS) is 22.7. The van der Waals surface area contributed by atoms with Crippen LogP contribution in [-0.2, 0) is 6.61 Å². The lowest BCUT2D eigenvalue weighted by atomic mass is 9.83. The van der Waals surface area contributed by atoms with Crippen molar-refractivity contribution in [3.63, 3.8) is 0 Å². The Morgan fingerprint density at radius 3 is 2.78 bits per heavy atom. The summed E-state index contributed by atoms with van der Waals surface area (Å²) in [5.74, 6) is 1.07. The fraction of sp³-hybridized carbons (Fsp3) is 0.485. The summed E-state index contributed by atoms with van der Waals surface area (Å²) >= 11 is 0. The van der Waals surface area contributed by atoms with Gasteiger partial charge in [-0.2, -0.15) is 0 Å². The highest BCUT2D eigenvalue weighted by Crippen LogP contribution is 2.32. The SMILES string of the molecule is O=C(NC1CCN(C[C@@H]2CCCN3CCCC[C@H]23)CC1)c1cc2c(OCc3coc4ccc(F)cc34)cccc2[nH]1. The average molecular weight is 559 g/mol. The van der Waals surface area contributed by atoms with Crippen LogP contribution in [0, 0.1) is 11.7 Å². The smallest absolute Gasteiger partial charge is 0.267 e. The van der Waals surface area contributed by atoms with Crippen molar-refractivity contribution in [1.29, 1.82) is 0 Å². The molecule has 0 bridgehead atoms. The van der Waals surface area contributed by atoms with Crippen molar-refractivity contribution >= 4 is 27.8 Å². The van der Waals surface area contributed by atoms with Crippen LogP contribution in [0.2, 0.25) is 0 Å². The number of piperidine rings is 3. The van der Waals surface area contributed by atoms with Crippen LogP contribution in [0.15, 0.2) is 53.1 Å². The molecule has 2 aromatic heterocycles. The predicted molar refractivity (Wildman–Crippen MR) is 158 cm³/mol. The van der Waals surface area contributed by atoms with Gasteiger partial charge in [0.1, 0.15) is 29.5 Å². The van der Waals surface area contributed by atoms with Crippen LogP contribution in [0.4, 0.5) is 4.39 Å². The standard InChI is InChI=1S/C33H39FN4O3/c34-24-9-10-32-26(17-24)23(21-41-32)20-40-31-8-3-6-28-27(31)18-29(36-28)33(39)35-25-11-15-37(16-12-25)19-22-5-4-14-38-13-2-1-7-30(22)38/h3,6,8-10,17-18,21-22,25,30,36H,1-2,4-5,7,11-16,19-20H2,(H,35,39)/t22-,30+/m0/s1. The molecule has 4 aromatic rings. The predicted octanol–water partition coefficient (Wildman–Crippen LogP) is 6.09. The van der Waals surface area contributed by atoms with Crippen LogP contribution in [0.5, 0.6) is 5.75 Å². The van der Waals surface area contributed by atoms with E-state index in [1.807, 2.05) is 24.3 Å². The molecule has 3 aliphatic rings. The number of nitrogens with one attached hydrogen (secondary N) is 2. The molecule has 2 atom stereocenters. The number of rotatable bonds is 7. The third-order valence-corrected chi connectivity index (χ3v) is 9.51. The number of carbonyl (C=O) groups is 1. The minimum atomic E-state index is -0.311. The zero-order valence-corrected chi connectivity index (χ0v) is 23.5. The van der Waals surface area contributed by atoms with E-state index in [1.54, 1.807) is 12.3 Å². The van der Waals surface area contributed by atoms with Gasteiger partial charge in [-0.25, -0.2) is 4.39 Å². The monoisotopic (exact) mass is 558 g/mol. The second-order valence-electron chi connectivity index (χ2n) is 12.1. The number of ether oxygens (including phenoxy) is 1. The van der Waals surface area contributed by atoms with Gasteiger partial charge in [-0.3, -0.25) is 4.79 Å². The maximum absolute atomic E-state index is 13.8. The summed E-state index contributed by atoms with van der Waals surface area (Å²) in [4.78, 5) is 21.9. The number of aromatic amines is 1. The Labute approximate surface area is 240 Å². The lowest BCUT2D eigenvalue weighted by Crippen LogP contribution is -2.52. The average Bonchev–Trinajstić information content (AvgIpc) is 3.62. The number of likely N-dealkylation sites (tertiary alicyclic amines) is 1. The minimum absolute atomic E-state index is 0.0768. The number of amides is 1. The fourth-order valence-electron chi connectivity index (χ4n) is 7.34. The molecule has 3 aliphatic heterocycles. The first kappa shape index (κ1) is 26.5. The van der Waals surface area contributed by atoms with Gasteiger partial charge in [0.05, 0.1) is 6.26 Å². The lowest BCUT2D eigenvalue weighted by molar-refractivity contribution is 0.0351. The molecule has 7 nitrogen and oxygen atoms in total. The Bertz CT molecular complexity index is 1520. The molecule has 216 valence electrons. The number of furan rings is 1. The number of H-pyrrole nitrogens is 1. The van der Waals surface area contributed by atoms with Gasteiger partial charge in [-0.05, 0) is 93.9 Å². The van der Waals surface area contributed by atoms with Gasteiger partial charge >= 0.3 is 0 Å². The molecular formula is C33H39FN4O3. The minimum Gasteiger partial charge on any atom is -0.488 e. The van der Waals surface area contributed by atoms with Gasteiger partial charge in [0.15, 0.2) is 0 Å². The Kier molecular flexibility index (Phi) is 7.44. The molecule has 5 heterocycles. The van der Waals surface area contributed by atoms with Crippen molar-refractivity contribution in [2.45, 2.75) is 63.6 Å². The van der Waals surface area contributed by atoms with Gasteiger partial charge in [0.2, 0.25) is 0 Å². The van der Waals surface area contributed by atoms with E-state index in [0.717, 1.165) is 54.4 Å². The van der Waals surface area contributed by atoms with Gasteiger partial charge in [-0.1, -0.05) is 12.5 Å². The van der Waals surface area contributed by atoms with Crippen molar-refractivity contribution in [3.8, 4) is 5.75 Å². The first-order valence-electron chi connectivity index (χ1n) is 15.3. The zero-order valence-electron chi connectivity index (χ0n) is 23.5. The number of hydrogen-bond donors (Lipinski definition) is 2.